The Morgan fingerprint density at radius 1 is 1.00 bits per heavy atom. The molecule has 0 aliphatic rings. The van der Waals surface area contributed by atoms with Gasteiger partial charge < -0.3 is 19.5 Å². The van der Waals surface area contributed by atoms with E-state index in [1.165, 1.54) is 6.20 Å². The number of alkyl halides is 3. The van der Waals surface area contributed by atoms with Crippen molar-refractivity contribution in [3.63, 3.8) is 0 Å². The van der Waals surface area contributed by atoms with Crippen molar-refractivity contribution < 1.29 is 35.9 Å². The predicted molar refractivity (Wildman–Crippen MR) is 133 cm³/mol. The molecule has 0 saturated heterocycles. The van der Waals surface area contributed by atoms with Gasteiger partial charge >= 0.3 is 6.36 Å². The SMILES string of the molecule is CC(C)N(C(=O)Cn1cc(S(=O)(=O)CC(=O)Nc2ccc(OC(F)(F)F)cc2)c2ccccc21)C(C)C. The van der Waals surface area contributed by atoms with Gasteiger partial charge in [-0.1, -0.05) is 18.2 Å². The first-order valence-corrected chi connectivity index (χ1v) is 13.1. The summed E-state index contributed by atoms with van der Waals surface area (Å²) >= 11 is 0. The predicted octanol–water partition coefficient (Wildman–Crippen LogP) is 4.60. The summed E-state index contributed by atoms with van der Waals surface area (Å²) in [7, 11) is -4.14. The van der Waals surface area contributed by atoms with Crippen molar-refractivity contribution in [3.05, 3.63) is 54.7 Å². The molecule has 37 heavy (non-hydrogen) atoms. The van der Waals surface area contributed by atoms with E-state index < -0.39 is 33.6 Å². The number of hydrogen-bond donors (Lipinski definition) is 1. The minimum Gasteiger partial charge on any atom is -0.406 e. The van der Waals surface area contributed by atoms with Gasteiger partial charge in [0.2, 0.25) is 11.8 Å². The highest BCUT2D eigenvalue weighted by molar-refractivity contribution is 7.92. The Hall–Kier alpha value is -3.54. The Morgan fingerprint density at radius 3 is 2.16 bits per heavy atom. The molecule has 1 N–H and O–H groups in total. The normalized spacial score (nSPS) is 12.2. The molecule has 0 saturated carbocycles. The van der Waals surface area contributed by atoms with E-state index in [-0.39, 0.29) is 35.1 Å². The highest BCUT2D eigenvalue weighted by Crippen LogP contribution is 2.28. The lowest BCUT2D eigenvalue weighted by Gasteiger charge is -2.31. The fourth-order valence-electron chi connectivity index (χ4n) is 4.18. The van der Waals surface area contributed by atoms with Crippen LogP contribution in [0.3, 0.4) is 0 Å². The summed E-state index contributed by atoms with van der Waals surface area (Å²) in [5.74, 6) is -2.43. The van der Waals surface area contributed by atoms with Crippen molar-refractivity contribution in [3.8, 4) is 5.75 Å². The molecule has 0 aliphatic carbocycles. The lowest BCUT2D eigenvalue weighted by atomic mass is 10.2. The summed E-state index contributed by atoms with van der Waals surface area (Å²) in [5.41, 5.74) is 0.632. The first kappa shape index (κ1) is 28.0. The third kappa shape index (κ3) is 7.03. The molecule has 3 aromatic rings. The molecule has 8 nitrogen and oxygen atoms in total. The number of rotatable bonds is 9. The maximum Gasteiger partial charge on any atom is 0.573 e. The summed E-state index contributed by atoms with van der Waals surface area (Å²) in [6.45, 7) is 7.52. The van der Waals surface area contributed by atoms with E-state index in [1.807, 2.05) is 27.7 Å². The number of fused-ring (bicyclic) bond motifs is 1. The van der Waals surface area contributed by atoms with Crippen LogP contribution in [-0.4, -0.2) is 53.9 Å². The minimum absolute atomic E-state index is 0.0460. The van der Waals surface area contributed by atoms with Crippen LogP contribution in [0.15, 0.2) is 59.6 Å². The van der Waals surface area contributed by atoms with Crippen molar-refractivity contribution in [1.29, 1.82) is 0 Å². The first-order valence-electron chi connectivity index (χ1n) is 11.5. The smallest absolute Gasteiger partial charge is 0.406 e. The molecule has 2 aromatic carbocycles. The number of benzene rings is 2. The molecule has 0 spiro atoms. The Labute approximate surface area is 212 Å². The van der Waals surface area contributed by atoms with Crippen molar-refractivity contribution in [2.24, 2.45) is 0 Å². The van der Waals surface area contributed by atoms with E-state index in [0.717, 1.165) is 24.3 Å². The van der Waals surface area contributed by atoms with Crippen LogP contribution in [-0.2, 0) is 26.0 Å². The highest BCUT2D eigenvalue weighted by Gasteiger charge is 2.31. The Balaban J connectivity index is 1.81. The highest BCUT2D eigenvalue weighted by atomic mass is 32.2. The molecule has 1 heterocycles. The molecular formula is C25H28F3N3O5S. The molecule has 2 amide bonds. The first-order chi connectivity index (χ1) is 17.2. The number of halogens is 3. The molecule has 0 aliphatic heterocycles. The van der Waals surface area contributed by atoms with Crippen LogP contribution in [0.4, 0.5) is 18.9 Å². The molecule has 1 aromatic heterocycles. The molecule has 200 valence electrons. The Bertz CT molecular complexity index is 1370. The van der Waals surface area contributed by atoms with Crippen LogP contribution in [0, 0.1) is 0 Å². The van der Waals surface area contributed by atoms with Crippen LogP contribution in [0.1, 0.15) is 27.7 Å². The van der Waals surface area contributed by atoms with E-state index >= 15 is 0 Å². The monoisotopic (exact) mass is 539 g/mol. The largest absolute Gasteiger partial charge is 0.573 e. The Kier molecular flexibility index (Phi) is 8.21. The van der Waals surface area contributed by atoms with E-state index in [1.54, 1.807) is 33.7 Å². The van der Waals surface area contributed by atoms with Gasteiger partial charge in [0.1, 0.15) is 18.0 Å². The average molecular weight is 540 g/mol. The number of amides is 2. The van der Waals surface area contributed by atoms with Crippen LogP contribution in [0.25, 0.3) is 10.9 Å². The fourth-order valence-corrected chi connectivity index (χ4v) is 5.55. The van der Waals surface area contributed by atoms with Crippen molar-refractivity contribution >= 4 is 38.2 Å². The van der Waals surface area contributed by atoms with Gasteiger partial charge in [0.25, 0.3) is 0 Å². The minimum atomic E-state index is -4.86. The van der Waals surface area contributed by atoms with Gasteiger partial charge in [-0.2, -0.15) is 0 Å². The van der Waals surface area contributed by atoms with Gasteiger partial charge in [-0.3, -0.25) is 9.59 Å². The van der Waals surface area contributed by atoms with E-state index in [9.17, 15) is 31.2 Å². The number of sulfone groups is 1. The second-order valence-electron chi connectivity index (χ2n) is 9.01. The molecule has 0 atom stereocenters. The number of aromatic nitrogens is 1. The summed E-state index contributed by atoms with van der Waals surface area (Å²) in [6.07, 6.45) is -3.50. The number of nitrogens with one attached hydrogen (secondary N) is 1. The van der Waals surface area contributed by atoms with Crippen molar-refractivity contribution in [2.45, 2.75) is 57.6 Å². The zero-order chi connectivity index (χ0) is 27.5. The molecule has 12 heteroatoms. The molecular weight excluding hydrogens is 511 g/mol. The summed E-state index contributed by atoms with van der Waals surface area (Å²) in [6, 6.07) is 10.9. The van der Waals surface area contributed by atoms with Gasteiger partial charge in [-0.05, 0) is 58.0 Å². The summed E-state index contributed by atoms with van der Waals surface area (Å²) in [5, 5.41) is 2.73. The number of hydrogen-bond acceptors (Lipinski definition) is 5. The fraction of sp³-hybridized carbons (Fsp3) is 0.360. The summed E-state index contributed by atoms with van der Waals surface area (Å²) < 4.78 is 68.6. The van der Waals surface area contributed by atoms with Crippen molar-refractivity contribution in [1.82, 2.24) is 9.47 Å². The standard InChI is InChI=1S/C25H28F3N3O5S/c1-16(2)31(17(3)4)24(33)14-30-13-22(20-7-5-6-8-21(20)30)37(34,35)15-23(32)29-18-9-11-19(12-10-18)36-25(26,27)28/h5-13,16-17H,14-15H2,1-4H3,(H,29,32). The van der Waals surface area contributed by atoms with Gasteiger partial charge in [-0.25, -0.2) is 8.42 Å². The second kappa shape index (κ2) is 10.8. The molecule has 0 radical (unpaired) electrons. The molecule has 3 rings (SSSR count). The van der Waals surface area contributed by atoms with E-state index in [4.69, 9.17) is 0 Å². The van der Waals surface area contributed by atoms with E-state index in [0.29, 0.717) is 10.9 Å². The van der Waals surface area contributed by atoms with Crippen LogP contribution in [0.5, 0.6) is 5.75 Å². The Morgan fingerprint density at radius 2 is 1.59 bits per heavy atom. The zero-order valence-corrected chi connectivity index (χ0v) is 21.6. The summed E-state index contributed by atoms with van der Waals surface area (Å²) in [4.78, 5) is 27.1. The van der Waals surface area contributed by atoms with Gasteiger partial charge in [0.05, 0.1) is 4.90 Å². The van der Waals surface area contributed by atoms with Gasteiger partial charge in [0, 0.05) is 34.9 Å². The zero-order valence-electron chi connectivity index (χ0n) is 20.7. The quantitative estimate of drug-likeness (QED) is 0.429. The number of anilines is 1. The number of carbonyl (C=O) groups excluding carboxylic acids is 2. The van der Waals surface area contributed by atoms with E-state index in [2.05, 4.69) is 10.1 Å². The third-order valence-corrected chi connectivity index (χ3v) is 7.12. The van der Waals surface area contributed by atoms with Crippen LogP contribution >= 0.6 is 0 Å². The lowest BCUT2D eigenvalue weighted by Crippen LogP contribution is -2.43. The number of carbonyl (C=O) groups is 2. The topological polar surface area (TPSA) is 97.7 Å². The van der Waals surface area contributed by atoms with Gasteiger partial charge in [-0.15, -0.1) is 13.2 Å². The van der Waals surface area contributed by atoms with Crippen LogP contribution < -0.4 is 10.1 Å². The van der Waals surface area contributed by atoms with Crippen LogP contribution in [0.2, 0.25) is 0 Å². The number of ether oxygens (including phenoxy) is 1. The number of para-hydroxylation sites is 1. The molecule has 0 unspecified atom stereocenters. The molecule has 0 bridgehead atoms. The second-order valence-corrected chi connectivity index (χ2v) is 11.0. The lowest BCUT2D eigenvalue weighted by molar-refractivity contribution is -0.274. The third-order valence-electron chi connectivity index (χ3n) is 5.49. The molecule has 0 fully saturated rings. The van der Waals surface area contributed by atoms with Crippen molar-refractivity contribution in [2.75, 3.05) is 11.1 Å². The van der Waals surface area contributed by atoms with Gasteiger partial charge in [0.15, 0.2) is 9.84 Å². The maximum absolute atomic E-state index is 13.2. The maximum atomic E-state index is 13.2. The average Bonchev–Trinajstić information content (AvgIpc) is 3.12. The number of nitrogens with zero attached hydrogens (tertiary/aromatic N) is 2.